The van der Waals surface area contributed by atoms with Crippen LogP contribution < -0.4 is 5.32 Å². The molecule has 1 aliphatic carbocycles. The van der Waals surface area contributed by atoms with Gasteiger partial charge in [-0.25, -0.2) is 0 Å². The van der Waals surface area contributed by atoms with E-state index in [2.05, 4.69) is 42.7 Å². The number of aromatic nitrogens is 3. The third kappa shape index (κ3) is 4.30. The molecule has 0 radical (unpaired) electrons. The van der Waals surface area contributed by atoms with Crippen molar-refractivity contribution in [3.63, 3.8) is 0 Å². The highest BCUT2D eigenvalue weighted by Crippen LogP contribution is 2.32. The van der Waals surface area contributed by atoms with E-state index in [4.69, 9.17) is 0 Å². The molecule has 128 valence electrons. The van der Waals surface area contributed by atoms with Gasteiger partial charge in [0.25, 0.3) is 0 Å². The first-order valence-corrected chi connectivity index (χ1v) is 10.3. The predicted octanol–water partition coefficient (Wildman–Crippen LogP) is 4.43. The Hall–Kier alpha value is -1.09. The Bertz CT molecular complexity index is 712. The summed E-state index contributed by atoms with van der Waals surface area (Å²) in [6, 6.07) is 8.26. The number of amides is 1. The molecule has 3 rings (SSSR count). The van der Waals surface area contributed by atoms with Crippen LogP contribution in [0.25, 0.3) is 0 Å². The minimum atomic E-state index is -0.0139. The molecule has 5 nitrogen and oxygen atoms in total. The molecule has 1 N–H and O–H groups in total. The van der Waals surface area contributed by atoms with Crippen LogP contribution in [0.3, 0.4) is 0 Å². The standard InChI is InChI=1S/C17H21IN4OS/c1-12-20-21-17(22(12)13-7-3-2-4-8-13)24-11-16(23)19-15-10-6-5-9-14(15)18/h5-6,9-10,13H,2-4,7-8,11H2,1H3,(H,19,23). The Morgan fingerprint density at radius 3 is 2.79 bits per heavy atom. The first kappa shape index (κ1) is 17.7. The maximum absolute atomic E-state index is 12.2. The number of nitrogens with zero attached hydrogens (tertiary/aromatic N) is 3. The van der Waals surface area contributed by atoms with Crippen molar-refractivity contribution in [2.24, 2.45) is 0 Å². The Labute approximate surface area is 160 Å². The second kappa shape index (κ2) is 8.33. The third-order valence-electron chi connectivity index (χ3n) is 4.26. The van der Waals surface area contributed by atoms with Crippen molar-refractivity contribution in [2.75, 3.05) is 11.1 Å². The number of nitrogens with one attached hydrogen (secondary N) is 1. The smallest absolute Gasteiger partial charge is 0.234 e. The molecule has 1 aromatic carbocycles. The topological polar surface area (TPSA) is 59.8 Å². The van der Waals surface area contributed by atoms with Crippen LogP contribution in [-0.4, -0.2) is 26.4 Å². The largest absolute Gasteiger partial charge is 0.324 e. The molecular weight excluding hydrogens is 435 g/mol. The van der Waals surface area contributed by atoms with Gasteiger partial charge >= 0.3 is 0 Å². The van der Waals surface area contributed by atoms with Crippen molar-refractivity contribution in [3.8, 4) is 0 Å². The van der Waals surface area contributed by atoms with E-state index in [0.717, 1.165) is 20.2 Å². The predicted molar refractivity (Wildman–Crippen MR) is 105 cm³/mol. The van der Waals surface area contributed by atoms with Gasteiger partial charge < -0.3 is 9.88 Å². The summed E-state index contributed by atoms with van der Waals surface area (Å²) in [5.74, 6) is 1.28. The first-order valence-electron chi connectivity index (χ1n) is 8.24. The molecule has 1 aromatic heterocycles. The van der Waals surface area contributed by atoms with Crippen LogP contribution in [0, 0.1) is 10.5 Å². The van der Waals surface area contributed by atoms with Crippen LogP contribution in [0.2, 0.25) is 0 Å². The Morgan fingerprint density at radius 2 is 2.04 bits per heavy atom. The van der Waals surface area contributed by atoms with Crippen LogP contribution >= 0.6 is 34.4 Å². The Balaban J connectivity index is 1.62. The quantitative estimate of drug-likeness (QED) is 0.535. The number of halogens is 1. The van der Waals surface area contributed by atoms with Crippen LogP contribution in [0.5, 0.6) is 0 Å². The number of aryl methyl sites for hydroxylation is 1. The summed E-state index contributed by atoms with van der Waals surface area (Å²) in [5, 5.41) is 12.3. The second-order valence-corrected chi connectivity index (χ2v) is 8.11. The molecule has 0 atom stereocenters. The molecule has 1 saturated carbocycles. The average Bonchev–Trinajstić information content (AvgIpc) is 2.96. The van der Waals surface area contributed by atoms with Crippen LogP contribution in [0.1, 0.15) is 44.0 Å². The minimum Gasteiger partial charge on any atom is -0.324 e. The highest BCUT2D eigenvalue weighted by molar-refractivity contribution is 14.1. The summed E-state index contributed by atoms with van der Waals surface area (Å²) in [4.78, 5) is 12.2. The summed E-state index contributed by atoms with van der Waals surface area (Å²) in [7, 11) is 0. The van der Waals surface area contributed by atoms with Crippen molar-refractivity contribution in [2.45, 2.75) is 50.2 Å². The van der Waals surface area contributed by atoms with Gasteiger partial charge in [-0.1, -0.05) is 43.2 Å². The third-order valence-corrected chi connectivity index (χ3v) is 6.14. The lowest BCUT2D eigenvalue weighted by Gasteiger charge is -2.24. The Morgan fingerprint density at radius 1 is 1.29 bits per heavy atom. The van der Waals surface area contributed by atoms with Crippen molar-refractivity contribution in [3.05, 3.63) is 33.7 Å². The van der Waals surface area contributed by atoms with E-state index < -0.39 is 0 Å². The minimum absolute atomic E-state index is 0.0139. The van der Waals surface area contributed by atoms with Crippen molar-refractivity contribution in [1.82, 2.24) is 14.8 Å². The molecule has 24 heavy (non-hydrogen) atoms. The number of anilines is 1. The van der Waals surface area contributed by atoms with Gasteiger partial charge in [0.05, 0.1) is 11.4 Å². The number of benzene rings is 1. The zero-order valence-electron chi connectivity index (χ0n) is 13.7. The summed E-state index contributed by atoms with van der Waals surface area (Å²) in [6.45, 7) is 2.00. The van der Waals surface area contributed by atoms with Gasteiger partial charge in [0.15, 0.2) is 5.16 Å². The maximum Gasteiger partial charge on any atom is 0.234 e. The van der Waals surface area contributed by atoms with Gasteiger partial charge in [0.2, 0.25) is 5.91 Å². The zero-order chi connectivity index (χ0) is 16.9. The van der Waals surface area contributed by atoms with Gasteiger partial charge in [-0.05, 0) is 54.5 Å². The van der Waals surface area contributed by atoms with Gasteiger partial charge in [-0.3, -0.25) is 4.79 Å². The molecule has 0 bridgehead atoms. The number of thioether (sulfide) groups is 1. The first-order chi connectivity index (χ1) is 11.6. The molecule has 1 aliphatic rings. The SMILES string of the molecule is Cc1nnc(SCC(=O)Nc2ccccc2I)n1C1CCCCC1. The molecule has 0 spiro atoms. The van der Waals surface area contributed by atoms with Crippen LogP contribution in [0.15, 0.2) is 29.4 Å². The molecule has 0 saturated heterocycles. The summed E-state index contributed by atoms with van der Waals surface area (Å²) in [5.41, 5.74) is 0.855. The van der Waals surface area contributed by atoms with Crippen LogP contribution in [0.4, 0.5) is 5.69 Å². The zero-order valence-corrected chi connectivity index (χ0v) is 16.6. The number of carbonyl (C=O) groups excluding carboxylic acids is 1. The molecule has 1 fully saturated rings. The molecule has 2 aromatic rings. The van der Waals surface area contributed by atoms with E-state index in [1.165, 1.54) is 43.9 Å². The molecular formula is C17H21IN4OS. The van der Waals surface area contributed by atoms with E-state index in [1.807, 2.05) is 31.2 Å². The lowest BCUT2D eigenvalue weighted by molar-refractivity contribution is -0.113. The van der Waals surface area contributed by atoms with E-state index >= 15 is 0 Å². The maximum atomic E-state index is 12.2. The van der Waals surface area contributed by atoms with E-state index in [0.29, 0.717) is 11.8 Å². The van der Waals surface area contributed by atoms with Crippen LogP contribution in [-0.2, 0) is 4.79 Å². The molecule has 1 heterocycles. The summed E-state index contributed by atoms with van der Waals surface area (Å²) in [6.07, 6.45) is 6.21. The number of hydrogen-bond acceptors (Lipinski definition) is 4. The number of para-hydroxylation sites is 1. The van der Waals surface area contributed by atoms with E-state index in [9.17, 15) is 4.79 Å². The fraction of sp³-hybridized carbons (Fsp3) is 0.471. The monoisotopic (exact) mass is 456 g/mol. The highest BCUT2D eigenvalue weighted by atomic mass is 127. The van der Waals surface area contributed by atoms with Crippen molar-refractivity contribution in [1.29, 1.82) is 0 Å². The highest BCUT2D eigenvalue weighted by Gasteiger charge is 2.21. The van der Waals surface area contributed by atoms with Gasteiger partial charge in [-0.2, -0.15) is 0 Å². The lowest BCUT2D eigenvalue weighted by Crippen LogP contribution is -2.17. The fourth-order valence-corrected chi connectivity index (χ4v) is 4.46. The van der Waals surface area contributed by atoms with Crippen molar-refractivity contribution < 1.29 is 4.79 Å². The summed E-state index contributed by atoms with van der Waals surface area (Å²) < 4.78 is 3.26. The van der Waals surface area contributed by atoms with Crippen molar-refractivity contribution >= 4 is 45.9 Å². The number of hydrogen-bond donors (Lipinski definition) is 1. The Kier molecular flexibility index (Phi) is 6.15. The van der Waals surface area contributed by atoms with Gasteiger partial charge in [0, 0.05) is 9.61 Å². The normalized spacial score (nSPS) is 15.4. The lowest BCUT2D eigenvalue weighted by atomic mass is 9.95. The fourth-order valence-electron chi connectivity index (χ4n) is 3.09. The summed E-state index contributed by atoms with van der Waals surface area (Å²) >= 11 is 3.69. The molecule has 0 unspecified atom stereocenters. The number of rotatable bonds is 5. The molecule has 7 heteroatoms. The van der Waals surface area contributed by atoms with E-state index in [-0.39, 0.29) is 5.91 Å². The molecule has 1 amide bonds. The average molecular weight is 456 g/mol. The van der Waals surface area contributed by atoms with E-state index in [1.54, 1.807) is 0 Å². The second-order valence-electron chi connectivity index (χ2n) is 6.01. The molecule has 0 aliphatic heterocycles. The number of carbonyl (C=O) groups is 1. The van der Waals surface area contributed by atoms with Gasteiger partial charge in [0.1, 0.15) is 5.82 Å². The van der Waals surface area contributed by atoms with Gasteiger partial charge in [-0.15, -0.1) is 10.2 Å².